The molecule has 2 aliphatic heterocycles. The summed E-state index contributed by atoms with van der Waals surface area (Å²) < 4.78 is 4.89. The van der Waals surface area contributed by atoms with E-state index >= 15 is 0 Å². The van der Waals surface area contributed by atoms with Gasteiger partial charge in [-0.15, -0.1) is 0 Å². The predicted octanol–water partition coefficient (Wildman–Crippen LogP) is -0.0883. The first-order valence-electron chi connectivity index (χ1n) is 3.85. The van der Waals surface area contributed by atoms with E-state index in [2.05, 4.69) is 0 Å². The first-order chi connectivity index (χ1) is 5.66. The first-order valence-corrected chi connectivity index (χ1v) is 3.85. The van der Waals surface area contributed by atoms with Crippen LogP contribution in [-0.2, 0) is 9.53 Å². The highest BCUT2D eigenvalue weighted by atomic mass is 16.6. The summed E-state index contributed by atoms with van der Waals surface area (Å²) in [4.78, 5) is 23.0. The number of aliphatic carboxylic acids is 1. The maximum absolute atomic E-state index is 10.9. The molecule has 2 rings (SSSR count). The van der Waals surface area contributed by atoms with Gasteiger partial charge in [-0.05, 0) is 0 Å². The van der Waals surface area contributed by atoms with Gasteiger partial charge < -0.3 is 14.7 Å². The molecule has 0 saturated carbocycles. The average Bonchev–Trinajstić information content (AvgIpc) is 2.26. The van der Waals surface area contributed by atoms with Gasteiger partial charge in [-0.1, -0.05) is 0 Å². The Morgan fingerprint density at radius 2 is 2.33 bits per heavy atom. The van der Waals surface area contributed by atoms with Gasteiger partial charge in [0.15, 0.2) is 0 Å². The normalized spacial score (nSPS) is 33.3. The Bertz CT molecular complexity index is 240. The number of carbonyl (C=O) groups excluding carboxylic acids is 1. The molecule has 2 bridgehead atoms. The number of nitrogens with zero attached hydrogens (tertiary/aromatic N) is 1. The van der Waals surface area contributed by atoms with Gasteiger partial charge in [0.1, 0.15) is 6.10 Å². The minimum absolute atomic E-state index is 0.202. The molecule has 0 spiro atoms. The SMILES string of the molecule is O=C(O)C1C[C@@H]2CN(C1)C(=O)O2. The monoisotopic (exact) mass is 171 g/mol. The van der Waals surface area contributed by atoms with Crippen LogP contribution in [0, 0.1) is 5.92 Å². The molecule has 0 aliphatic carbocycles. The lowest BCUT2D eigenvalue weighted by atomic mass is 9.97. The Kier molecular flexibility index (Phi) is 1.46. The van der Waals surface area contributed by atoms with Crippen LogP contribution >= 0.6 is 0 Å². The van der Waals surface area contributed by atoms with Crippen LogP contribution in [0.15, 0.2) is 0 Å². The van der Waals surface area contributed by atoms with E-state index < -0.39 is 11.9 Å². The van der Waals surface area contributed by atoms with Gasteiger partial charge in [0.05, 0.1) is 12.5 Å². The smallest absolute Gasteiger partial charge is 0.410 e. The second-order valence-electron chi connectivity index (χ2n) is 3.18. The molecule has 0 aromatic heterocycles. The van der Waals surface area contributed by atoms with Crippen molar-refractivity contribution in [3.8, 4) is 0 Å². The minimum Gasteiger partial charge on any atom is -0.481 e. The number of carbonyl (C=O) groups is 2. The molecule has 5 heteroatoms. The molecule has 2 atom stereocenters. The van der Waals surface area contributed by atoms with Crippen LogP contribution in [0.5, 0.6) is 0 Å². The van der Waals surface area contributed by atoms with Crippen molar-refractivity contribution in [2.24, 2.45) is 5.92 Å². The topological polar surface area (TPSA) is 66.8 Å². The number of fused-ring (bicyclic) bond motifs is 2. The van der Waals surface area contributed by atoms with E-state index in [0.717, 1.165) is 0 Å². The Morgan fingerprint density at radius 3 is 2.92 bits per heavy atom. The number of hydrogen-bond acceptors (Lipinski definition) is 3. The number of piperidine rings is 1. The zero-order valence-corrected chi connectivity index (χ0v) is 6.40. The molecule has 1 N–H and O–H groups in total. The molecule has 1 unspecified atom stereocenters. The molecule has 12 heavy (non-hydrogen) atoms. The fraction of sp³-hybridized carbons (Fsp3) is 0.714. The van der Waals surface area contributed by atoms with Crippen molar-refractivity contribution < 1.29 is 19.4 Å². The molecule has 2 heterocycles. The zero-order valence-electron chi connectivity index (χ0n) is 6.40. The van der Waals surface area contributed by atoms with Crippen LogP contribution in [0.1, 0.15) is 6.42 Å². The molecule has 2 fully saturated rings. The highest BCUT2D eigenvalue weighted by Gasteiger charge is 2.41. The lowest BCUT2D eigenvalue weighted by Crippen LogP contribution is -2.39. The summed E-state index contributed by atoms with van der Waals surface area (Å²) in [5.74, 6) is -1.29. The number of ether oxygens (including phenoxy) is 1. The van der Waals surface area contributed by atoms with Gasteiger partial charge in [0, 0.05) is 13.0 Å². The summed E-state index contributed by atoms with van der Waals surface area (Å²) in [7, 11) is 0. The van der Waals surface area contributed by atoms with Gasteiger partial charge in [-0.3, -0.25) is 4.79 Å². The molecule has 0 aromatic carbocycles. The average molecular weight is 171 g/mol. The molecule has 66 valence electrons. The van der Waals surface area contributed by atoms with Crippen LogP contribution < -0.4 is 0 Å². The summed E-state index contributed by atoms with van der Waals surface area (Å²) in [6, 6.07) is 0. The van der Waals surface area contributed by atoms with E-state index in [1.807, 2.05) is 0 Å². The summed E-state index contributed by atoms with van der Waals surface area (Å²) in [6.07, 6.45) is -0.117. The zero-order chi connectivity index (χ0) is 8.72. The van der Waals surface area contributed by atoms with E-state index in [4.69, 9.17) is 9.84 Å². The number of carboxylic acid groups (broad SMARTS) is 1. The fourth-order valence-corrected chi connectivity index (χ4v) is 1.68. The maximum atomic E-state index is 10.9. The van der Waals surface area contributed by atoms with Crippen molar-refractivity contribution in [1.29, 1.82) is 0 Å². The Balaban J connectivity index is 2.10. The van der Waals surface area contributed by atoms with Gasteiger partial charge in [0.25, 0.3) is 0 Å². The third-order valence-corrected chi connectivity index (χ3v) is 2.29. The van der Waals surface area contributed by atoms with E-state index in [1.54, 1.807) is 0 Å². The molecule has 2 saturated heterocycles. The first kappa shape index (κ1) is 7.39. The second kappa shape index (κ2) is 2.36. The predicted molar refractivity (Wildman–Crippen MR) is 37.6 cm³/mol. The molecule has 1 amide bonds. The number of amides is 1. The van der Waals surface area contributed by atoms with Crippen molar-refractivity contribution >= 4 is 12.1 Å². The number of hydrogen-bond donors (Lipinski definition) is 1. The van der Waals surface area contributed by atoms with Crippen molar-refractivity contribution in [3.63, 3.8) is 0 Å². The highest BCUT2D eigenvalue weighted by molar-refractivity contribution is 5.75. The highest BCUT2D eigenvalue weighted by Crippen LogP contribution is 2.25. The van der Waals surface area contributed by atoms with Crippen LogP contribution in [-0.4, -0.2) is 41.3 Å². The number of rotatable bonds is 1. The van der Waals surface area contributed by atoms with Crippen molar-refractivity contribution in [1.82, 2.24) is 4.90 Å². The second-order valence-corrected chi connectivity index (χ2v) is 3.18. The summed E-state index contributed by atoms with van der Waals surface area (Å²) >= 11 is 0. The van der Waals surface area contributed by atoms with Gasteiger partial charge in [-0.2, -0.15) is 0 Å². The van der Waals surface area contributed by atoms with E-state index in [-0.39, 0.29) is 12.2 Å². The largest absolute Gasteiger partial charge is 0.481 e. The van der Waals surface area contributed by atoms with Crippen molar-refractivity contribution in [2.45, 2.75) is 12.5 Å². The lowest BCUT2D eigenvalue weighted by molar-refractivity contribution is -0.143. The molecular formula is C7H9NO4. The van der Waals surface area contributed by atoms with Crippen LogP contribution in [0.2, 0.25) is 0 Å². The molecule has 2 aliphatic rings. The molecule has 5 nitrogen and oxygen atoms in total. The standard InChI is InChI=1S/C7H9NO4/c9-6(10)4-1-5-3-8(2-4)7(11)12-5/h4-5H,1-3H2,(H,9,10)/t4?,5-/m1/s1. The molecule has 0 aromatic rings. The summed E-state index contributed by atoms with van der Waals surface area (Å²) in [6.45, 7) is 0.854. The van der Waals surface area contributed by atoms with Crippen LogP contribution in [0.25, 0.3) is 0 Å². The van der Waals surface area contributed by atoms with Crippen molar-refractivity contribution in [2.75, 3.05) is 13.1 Å². The third-order valence-electron chi connectivity index (χ3n) is 2.29. The summed E-state index contributed by atoms with van der Waals surface area (Å²) in [5.41, 5.74) is 0. The fourth-order valence-electron chi connectivity index (χ4n) is 1.68. The molecular weight excluding hydrogens is 162 g/mol. The van der Waals surface area contributed by atoms with E-state index in [9.17, 15) is 9.59 Å². The lowest BCUT2D eigenvalue weighted by Gasteiger charge is -2.23. The van der Waals surface area contributed by atoms with Crippen LogP contribution in [0.3, 0.4) is 0 Å². The van der Waals surface area contributed by atoms with E-state index in [0.29, 0.717) is 19.5 Å². The number of carboxylic acids is 1. The Morgan fingerprint density at radius 1 is 1.58 bits per heavy atom. The summed E-state index contributed by atoms with van der Waals surface area (Å²) in [5, 5.41) is 8.69. The maximum Gasteiger partial charge on any atom is 0.410 e. The van der Waals surface area contributed by atoms with Gasteiger partial charge >= 0.3 is 12.1 Å². The third kappa shape index (κ3) is 1.01. The van der Waals surface area contributed by atoms with Gasteiger partial charge in [-0.25, -0.2) is 4.79 Å². The minimum atomic E-state index is -0.844. The van der Waals surface area contributed by atoms with E-state index in [1.165, 1.54) is 4.90 Å². The van der Waals surface area contributed by atoms with Gasteiger partial charge in [0.2, 0.25) is 0 Å². The Hall–Kier alpha value is -1.26. The van der Waals surface area contributed by atoms with Crippen molar-refractivity contribution in [3.05, 3.63) is 0 Å². The quantitative estimate of drug-likeness (QED) is 0.598. The Labute approximate surface area is 68.9 Å². The molecule has 0 radical (unpaired) electrons. The van der Waals surface area contributed by atoms with Crippen LogP contribution in [0.4, 0.5) is 4.79 Å².